The van der Waals surface area contributed by atoms with E-state index in [-0.39, 0.29) is 29.0 Å². The molecular weight excluding hydrogens is 450 g/mol. The van der Waals surface area contributed by atoms with Crippen LogP contribution in [0, 0.1) is 26.1 Å². The smallest absolute Gasteiger partial charge is 0.336 e. The van der Waals surface area contributed by atoms with Gasteiger partial charge in [-0.25, -0.2) is 4.79 Å². The van der Waals surface area contributed by atoms with Crippen LogP contribution in [0.15, 0.2) is 72.5 Å². The van der Waals surface area contributed by atoms with E-state index in [1.807, 2.05) is 0 Å². The Labute approximate surface area is 192 Å². The molecule has 0 aliphatic carbocycles. The predicted molar refractivity (Wildman–Crippen MR) is 117 cm³/mol. The predicted octanol–water partition coefficient (Wildman–Crippen LogP) is 3.38. The minimum Gasteiger partial charge on any atom is -0.511 e. The number of carboxylic acid groups (broad SMARTS) is 2. The van der Waals surface area contributed by atoms with E-state index in [9.17, 15) is 45.1 Å². The van der Waals surface area contributed by atoms with Crippen molar-refractivity contribution < 1.29 is 34.8 Å². The molecule has 2 aromatic carbocycles. The molecule has 3 rings (SSSR count). The molecule has 12 heteroatoms. The summed E-state index contributed by atoms with van der Waals surface area (Å²) in [6.07, 6.45) is 1.41. The molecule has 1 unspecified atom stereocenters. The molecule has 1 aliphatic heterocycles. The zero-order valence-corrected chi connectivity index (χ0v) is 17.5. The van der Waals surface area contributed by atoms with E-state index in [4.69, 9.17) is 0 Å². The fraction of sp³-hybridized carbons (Fsp3) is 0.182. The second-order valence-corrected chi connectivity index (χ2v) is 7.45. The summed E-state index contributed by atoms with van der Waals surface area (Å²) >= 11 is 0. The van der Waals surface area contributed by atoms with Crippen LogP contribution in [0.5, 0.6) is 0 Å². The van der Waals surface area contributed by atoms with Crippen LogP contribution in [0.2, 0.25) is 0 Å². The van der Waals surface area contributed by atoms with Crippen molar-refractivity contribution in [2.75, 3.05) is 6.54 Å². The molecule has 34 heavy (non-hydrogen) atoms. The number of nitro benzene ring substituents is 2. The van der Waals surface area contributed by atoms with Crippen molar-refractivity contribution >= 4 is 23.3 Å². The first-order valence-electron chi connectivity index (χ1n) is 9.83. The number of nitrogens with zero attached hydrogens (tertiary/aromatic N) is 3. The molecule has 1 aliphatic rings. The van der Waals surface area contributed by atoms with Gasteiger partial charge in [-0.1, -0.05) is 30.3 Å². The maximum Gasteiger partial charge on any atom is 0.336 e. The lowest BCUT2D eigenvalue weighted by Crippen LogP contribution is -2.46. The van der Waals surface area contributed by atoms with Crippen LogP contribution in [-0.2, 0) is 9.59 Å². The Morgan fingerprint density at radius 1 is 0.941 bits per heavy atom. The average molecular weight is 469 g/mol. The summed E-state index contributed by atoms with van der Waals surface area (Å²) in [4.78, 5) is 46.6. The van der Waals surface area contributed by atoms with E-state index in [2.05, 4.69) is 6.58 Å². The van der Waals surface area contributed by atoms with E-state index in [0.717, 1.165) is 0 Å². The third-order valence-electron chi connectivity index (χ3n) is 5.55. The number of hydrogen-bond acceptors (Lipinski definition) is 8. The minimum absolute atomic E-state index is 0.0306. The van der Waals surface area contributed by atoms with Gasteiger partial charge in [0.1, 0.15) is 11.7 Å². The average Bonchev–Trinajstić information content (AvgIpc) is 2.79. The van der Waals surface area contributed by atoms with Crippen molar-refractivity contribution in [2.45, 2.75) is 12.1 Å². The molecular formula is C22H19N3O9. The monoisotopic (exact) mass is 469 g/mol. The molecule has 0 aromatic heterocycles. The van der Waals surface area contributed by atoms with Gasteiger partial charge in [0.15, 0.2) is 0 Å². The molecule has 3 atom stereocenters. The molecule has 0 spiro atoms. The second-order valence-electron chi connectivity index (χ2n) is 7.45. The molecule has 12 nitrogen and oxygen atoms in total. The maximum atomic E-state index is 12.2. The van der Waals surface area contributed by atoms with Crippen LogP contribution >= 0.6 is 0 Å². The Morgan fingerprint density at radius 2 is 1.41 bits per heavy atom. The highest BCUT2D eigenvalue weighted by molar-refractivity contribution is 5.91. The minimum atomic E-state index is -1.71. The van der Waals surface area contributed by atoms with Gasteiger partial charge in [-0.05, 0) is 11.1 Å². The van der Waals surface area contributed by atoms with Crippen LogP contribution in [0.4, 0.5) is 11.4 Å². The third-order valence-corrected chi connectivity index (χ3v) is 5.55. The van der Waals surface area contributed by atoms with E-state index in [1.165, 1.54) is 59.5 Å². The molecule has 1 heterocycles. The number of carbonyl (C=O) groups is 2. The Morgan fingerprint density at radius 3 is 1.79 bits per heavy atom. The summed E-state index contributed by atoms with van der Waals surface area (Å²) in [7, 11) is 0. The highest BCUT2D eigenvalue weighted by Crippen LogP contribution is 2.48. The van der Waals surface area contributed by atoms with E-state index < -0.39 is 51.1 Å². The largest absolute Gasteiger partial charge is 0.511 e. The van der Waals surface area contributed by atoms with Crippen molar-refractivity contribution in [1.82, 2.24) is 4.90 Å². The van der Waals surface area contributed by atoms with Crippen LogP contribution in [-0.4, -0.2) is 48.5 Å². The zero-order valence-electron chi connectivity index (χ0n) is 17.5. The third kappa shape index (κ3) is 4.34. The zero-order chi connectivity index (χ0) is 25.2. The Balaban J connectivity index is 2.28. The quantitative estimate of drug-likeness (QED) is 0.294. The van der Waals surface area contributed by atoms with Crippen molar-refractivity contribution in [3.05, 3.63) is 104 Å². The number of non-ortho nitro benzene ring substituents is 2. The van der Waals surface area contributed by atoms with Gasteiger partial charge in [0.25, 0.3) is 11.4 Å². The molecule has 0 fully saturated rings. The van der Waals surface area contributed by atoms with Gasteiger partial charge in [-0.3, -0.25) is 29.9 Å². The lowest BCUT2D eigenvalue weighted by atomic mass is 9.79. The number of carboxylic acids is 2. The first-order valence-corrected chi connectivity index (χ1v) is 9.83. The maximum absolute atomic E-state index is 12.2. The molecule has 0 saturated heterocycles. The number of nitro groups is 2. The highest BCUT2D eigenvalue weighted by Gasteiger charge is 2.49. The topological polar surface area (TPSA) is 184 Å². The van der Waals surface area contributed by atoms with Crippen molar-refractivity contribution in [1.29, 1.82) is 0 Å². The molecule has 0 bridgehead atoms. The van der Waals surface area contributed by atoms with E-state index in [1.54, 1.807) is 0 Å². The summed E-state index contributed by atoms with van der Waals surface area (Å²) in [5, 5.41) is 52.7. The van der Waals surface area contributed by atoms with Gasteiger partial charge in [0.2, 0.25) is 0 Å². The van der Waals surface area contributed by atoms with Gasteiger partial charge in [-0.2, -0.15) is 0 Å². The van der Waals surface area contributed by atoms with Crippen LogP contribution in [0.25, 0.3) is 0 Å². The fourth-order valence-corrected chi connectivity index (χ4v) is 4.14. The molecule has 176 valence electrons. The second kappa shape index (κ2) is 9.50. The lowest BCUT2D eigenvalue weighted by Gasteiger charge is -2.44. The van der Waals surface area contributed by atoms with Crippen LogP contribution in [0.1, 0.15) is 23.2 Å². The normalized spacial score (nSPS) is 20.5. The molecule has 0 saturated carbocycles. The SMILES string of the molecule is C=CCN1[C@@H](c2ccc([N+](=O)[O-])cc2)C(C(=O)O)=C(O)C(C(=O)O)[C@@H]1c1ccc([N+](=O)[O-])cc1. The standard InChI is InChI=1S/C22H19N3O9/c1-2-11-23-18(12-3-7-14(8-4-12)24(31)32)16(21(27)28)20(26)17(22(29)30)19(23)13-5-9-15(10-6-13)25(33)34/h2-10,16,18-19,26H,1,11H2,(H,27,28)(H,29,30)/t16?,18-,19-/m0/s1. The summed E-state index contributed by atoms with van der Waals surface area (Å²) in [6.45, 7) is 3.62. The van der Waals surface area contributed by atoms with Crippen molar-refractivity contribution in [3.8, 4) is 0 Å². The summed E-state index contributed by atoms with van der Waals surface area (Å²) < 4.78 is 0. The Hall–Kier alpha value is -4.58. The molecule has 0 amide bonds. The first kappa shape index (κ1) is 24.1. The Kier molecular flexibility index (Phi) is 6.73. The van der Waals surface area contributed by atoms with Crippen LogP contribution < -0.4 is 0 Å². The van der Waals surface area contributed by atoms with E-state index in [0.29, 0.717) is 0 Å². The van der Waals surface area contributed by atoms with E-state index >= 15 is 0 Å². The molecule has 2 aromatic rings. The number of rotatable bonds is 8. The van der Waals surface area contributed by atoms with Gasteiger partial charge in [0.05, 0.1) is 27.5 Å². The number of aliphatic hydroxyl groups excluding tert-OH is 1. The number of benzene rings is 2. The van der Waals surface area contributed by atoms with Gasteiger partial charge in [-0.15, -0.1) is 6.58 Å². The van der Waals surface area contributed by atoms with Gasteiger partial charge < -0.3 is 15.3 Å². The summed E-state index contributed by atoms with van der Waals surface area (Å²) in [5.41, 5.74) is -0.536. The fourth-order valence-electron chi connectivity index (χ4n) is 4.14. The Bertz CT molecular complexity index is 1190. The molecule has 0 radical (unpaired) electrons. The number of aliphatic carboxylic acids is 2. The van der Waals surface area contributed by atoms with Crippen molar-refractivity contribution in [3.63, 3.8) is 0 Å². The number of hydrogen-bond donors (Lipinski definition) is 3. The highest BCUT2D eigenvalue weighted by atomic mass is 16.6. The van der Waals surface area contributed by atoms with Crippen LogP contribution in [0.3, 0.4) is 0 Å². The van der Waals surface area contributed by atoms with Crippen molar-refractivity contribution in [2.24, 2.45) is 5.92 Å². The summed E-state index contributed by atoms with van der Waals surface area (Å²) in [5.74, 6) is -5.66. The first-order chi connectivity index (χ1) is 16.1. The van der Waals surface area contributed by atoms with Gasteiger partial charge >= 0.3 is 11.9 Å². The summed E-state index contributed by atoms with van der Waals surface area (Å²) in [6, 6.07) is 7.66. The lowest BCUT2D eigenvalue weighted by molar-refractivity contribution is -0.385. The number of aliphatic hydroxyl groups is 1. The van der Waals surface area contributed by atoms with Gasteiger partial charge in [0, 0.05) is 30.8 Å². The molecule has 3 N–H and O–H groups in total.